The van der Waals surface area contributed by atoms with Crippen molar-refractivity contribution in [2.24, 2.45) is 5.92 Å². The molecule has 0 spiro atoms. The highest BCUT2D eigenvalue weighted by Gasteiger charge is 2.21. The highest BCUT2D eigenvalue weighted by Crippen LogP contribution is 2.27. The summed E-state index contributed by atoms with van der Waals surface area (Å²) >= 11 is 0. The quantitative estimate of drug-likeness (QED) is 0.666. The average molecular weight is 336 g/mol. The van der Waals surface area contributed by atoms with Gasteiger partial charge in [0.25, 0.3) is 0 Å². The van der Waals surface area contributed by atoms with Gasteiger partial charge in [-0.15, -0.1) is 5.10 Å². The van der Waals surface area contributed by atoms with Crippen LogP contribution in [0.3, 0.4) is 0 Å². The van der Waals surface area contributed by atoms with Crippen LogP contribution in [0.1, 0.15) is 24.8 Å². The molecule has 2 aromatic heterocycles. The van der Waals surface area contributed by atoms with Crippen molar-refractivity contribution in [2.75, 3.05) is 13.1 Å². The first-order valence-corrected chi connectivity index (χ1v) is 9.10. The van der Waals surface area contributed by atoms with E-state index in [1.807, 2.05) is 18.2 Å². The van der Waals surface area contributed by atoms with Crippen molar-refractivity contribution in [3.8, 4) is 0 Å². The van der Waals surface area contributed by atoms with Gasteiger partial charge in [0, 0.05) is 25.8 Å². The topological polar surface area (TPSA) is 42.5 Å². The van der Waals surface area contributed by atoms with Crippen LogP contribution in [0, 0.1) is 5.92 Å². The second-order valence-corrected chi connectivity index (χ2v) is 6.95. The van der Waals surface area contributed by atoms with Crippen LogP contribution in [0.2, 0.25) is 0 Å². The zero-order valence-corrected chi connectivity index (χ0v) is 14.4. The summed E-state index contributed by atoms with van der Waals surface area (Å²) in [5.41, 5.74) is 1.98. The van der Waals surface area contributed by atoms with Crippen molar-refractivity contribution in [1.29, 1.82) is 0 Å². The Balaban J connectivity index is 1.47. The summed E-state index contributed by atoms with van der Waals surface area (Å²) in [6.07, 6.45) is 5.80. The Morgan fingerprint density at radius 3 is 2.60 bits per heavy atom. The van der Waals surface area contributed by atoms with E-state index in [4.69, 9.17) is 0 Å². The molecule has 0 aliphatic heterocycles. The minimum atomic E-state index is -0.0566. The lowest BCUT2D eigenvalue weighted by atomic mass is 9.85. The molecule has 1 aliphatic rings. The van der Waals surface area contributed by atoms with Gasteiger partial charge in [-0.25, -0.2) is 9.48 Å². The molecule has 0 radical (unpaired) electrons. The Hall–Kier alpha value is -2.40. The number of hydrogen-bond acceptors (Lipinski definition) is 3. The van der Waals surface area contributed by atoms with Gasteiger partial charge in [0.15, 0.2) is 5.65 Å². The van der Waals surface area contributed by atoms with Gasteiger partial charge in [0.1, 0.15) is 0 Å². The molecule has 130 valence electrons. The number of fused-ring (bicyclic) bond motifs is 1. The van der Waals surface area contributed by atoms with E-state index < -0.39 is 0 Å². The molecule has 25 heavy (non-hydrogen) atoms. The van der Waals surface area contributed by atoms with Crippen molar-refractivity contribution in [3.05, 3.63) is 70.8 Å². The fourth-order valence-corrected chi connectivity index (χ4v) is 3.47. The van der Waals surface area contributed by atoms with Gasteiger partial charge < -0.3 is 0 Å². The van der Waals surface area contributed by atoms with Crippen molar-refractivity contribution < 1.29 is 0 Å². The zero-order chi connectivity index (χ0) is 17.1. The Morgan fingerprint density at radius 1 is 1.08 bits per heavy atom. The molecular formula is C20H24N4O. The van der Waals surface area contributed by atoms with Gasteiger partial charge in [-0.05, 0) is 36.5 Å². The number of benzene rings is 1. The van der Waals surface area contributed by atoms with Crippen LogP contribution in [0.15, 0.2) is 59.5 Å². The fourth-order valence-electron chi connectivity index (χ4n) is 3.47. The van der Waals surface area contributed by atoms with E-state index in [-0.39, 0.29) is 5.69 Å². The van der Waals surface area contributed by atoms with Gasteiger partial charge in [0.2, 0.25) is 0 Å². The second-order valence-electron chi connectivity index (χ2n) is 6.95. The van der Waals surface area contributed by atoms with Crippen molar-refractivity contribution in [1.82, 2.24) is 19.1 Å². The van der Waals surface area contributed by atoms with Crippen LogP contribution in [-0.2, 0) is 13.1 Å². The molecule has 5 heteroatoms. The normalized spacial score (nSPS) is 14.9. The maximum atomic E-state index is 12.4. The number of pyridine rings is 1. The molecule has 1 aromatic carbocycles. The fraction of sp³-hybridized carbons (Fsp3) is 0.400. The van der Waals surface area contributed by atoms with Gasteiger partial charge in [-0.2, -0.15) is 0 Å². The van der Waals surface area contributed by atoms with Gasteiger partial charge in [-0.3, -0.25) is 9.30 Å². The third kappa shape index (κ3) is 3.66. The molecule has 5 nitrogen and oxygen atoms in total. The first kappa shape index (κ1) is 16.1. The van der Waals surface area contributed by atoms with Crippen molar-refractivity contribution in [2.45, 2.75) is 32.4 Å². The summed E-state index contributed by atoms with van der Waals surface area (Å²) < 4.78 is 3.20. The summed E-state index contributed by atoms with van der Waals surface area (Å²) in [7, 11) is 0. The van der Waals surface area contributed by atoms with E-state index >= 15 is 0 Å². The van der Waals surface area contributed by atoms with Crippen LogP contribution >= 0.6 is 0 Å². The summed E-state index contributed by atoms with van der Waals surface area (Å²) in [4.78, 5) is 14.9. The van der Waals surface area contributed by atoms with Crippen LogP contribution in [0.25, 0.3) is 5.65 Å². The zero-order valence-electron chi connectivity index (χ0n) is 14.4. The summed E-state index contributed by atoms with van der Waals surface area (Å²) in [6, 6.07) is 16.2. The number of hydrogen-bond donors (Lipinski definition) is 0. The molecule has 0 saturated heterocycles. The number of nitrogens with zero attached hydrogens (tertiary/aromatic N) is 4. The summed E-state index contributed by atoms with van der Waals surface area (Å²) in [6.45, 7) is 3.51. The molecule has 3 aromatic rings. The van der Waals surface area contributed by atoms with Crippen molar-refractivity contribution >= 4 is 5.65 Å². The second kappa shape index (κ2) is 7.23. The van der Waals surface area contributed by atoms with Crippen LogP contribution in [-0.4, -0.2) is 32.2 Å². The molecule has 4 rings (SSSR count). The molecule has 0 amide bonds. The molecule has 1 aliphatic carbocycles. The van der Waals surface area contributed by atoms with E-state index in [1.54, 1.807) is 15.3 Å². The molecule has 0 unspecified atom stereocenters. The highest BCUT2D eigenvalue weighted by atomic mass is 16.2. The Kier molecular flexibility index (Phi) is 4.65. The smallest absolute Gasteiger partial charge is 0.297 e. The Bertz CT molecular complexity index is 879. The van der Waals surface area contributed by atoms with Gasteiger partial charge >= 0.3 is 5.69 Å². The molecule has 0 N–H and O–H groups in total. The Morgan fingerprint density at radius 2 is 1.88 bits per heavy atom. The lowest BCUT2D eigenvalue weighted by Crippen LogP contribution is -2.36. The number of rotatable bonds is 7. The van der Waals surface area contributed by atoms with E-state index in [2.05, 4.69) is 40.3 Å². The lowest BCUT2D eigenvalue weighted by Gasteiger charge is -2.32. The van der Waals surface area contributed by atoms with Crippen LogP contribution < -0.4 is 5.69 Å². The first-order valence-electron chi connectivity index (χ1n) is 9.10. The largest absolute Gasteiger partial charge is 0.350 e. The molecule has 1 saturated carbocycles. The predicted molar refractivity (Wildman–Crippen MR) is 98.5 cm³/mol. The third-order valence-electron chi connectivity index (χ3n) is 5.11. The van der Waals surface area contributed by atoms with E-state index in [1.165, 1.54) is 24.8 Å². The van der Waals surface area contributed by atoms with E-state index in [0.29, 0.717) is 12.2 Å². The molecule has 1 fully saturated rings. The van der Waals surface area contributed by atoms with E-state index in [9.17, 15) is 4.79 Å². The molecule has 2 heterocycles. The van der Waals surface area contributed by atoms with Gasteiger partial charge in [-0.1, -0.05) is 42.8 Å². The summed E-state index contributed by atoms with van der Waals surface area (Å²) in [5, 5.41) is 4.45. The minimum absolute atomic E-state index is 0.0566. The van der Waals surface area contributed by atoms with Crippen molar-refractivity contribution in [3.63, 3.8) is 0 Å². The van der Waals surface area contributed by atoms with Crippen LogP contribution in [0.5, 0.6) is 0 Å². The molecule has 0 bridgehead atoms. The summed E-state index contributed by atoms with van der Waals surface area (Å²) in [5.74, 6) is 0.807. The highest BCUT2D eigenvalue weighted by molar-refractivity contribution is 5.35. The van der Waals surface area contributed by atoms with E-state index in [0.717, 1.165) is 25.6 Å². The predicted octanol–water partition coefficient (Wildman–Crippen LogP) is 2.80. The maximum Gasteiger partial charge on any atom is 0.350 e. The number of aromatic nitrogens is 3. The third-order valence-corrected chi connectivity index (χ3v) is 5.11. The molecule has 0 atom stereocenters. The van der Waals surface area contributed by atoms with Gasteiger partial charge in [0.05, 0.1) is 6.54 Å². The minimum Gasteiger partial charge on any atom is -0.297 e. The maximum absolute atomic E-state index is 12.4. The molecular weight excluding hydrogens is 312 g/mol. The Labute approximate surface area is 147 Å². The van der Waals surface area contributed by atoms with Crippen LogP contribution in [0.4, 0.5) is 0 Å². The first-order chi connectivity index (χ1) is 12.3. The lowest BCUT2D eigenvalue weighted by molar-refractivity contribution is 0.164. The monoisotopic (exact) mass is 336 g/mol. The average Bonchev–Trinajstić information content (AvgIpc) is 2.93. The standard InChI is InChI=1S/C20H24N4O/c25-20-23-12-5-4-11-19(23)21-24(20)14-13-22(16-18-9-6-10-18)15-17-7-2-1-3-8-17/h1-5,7-8,11-12,18H,6,9-10,13-16H2. The SMILES string of the molecule is O=c1n(CCN(Cc2ccccc2)CC2CCC2)nc2ccccn12.